The van der Waals surface area contributed by atoms with Gasteiger partial charge in [0.25, 0.3) is 0 Å². The number of amides is 1. The fourth-order valence-electron chi connectivity index (χ4n) is 3.06. The molecule has 0 unspecified atom stereocenters. The van der Waals surface area contributed by atoms with Crippen LogP contribution in [0.5, 0.6) is 5.75 Å². The fraction of sp³-hybridized carbons (Fsp3) is 0.562. The highest BCUT2D eigenvalue weighted by atomic mass is 16.5. The van der Waals surface area contributed by atoms with E-state index in [4.69, 9.17) is 4.74 Å². The van der Waals surface area contributed by atoms with E-state index in [2.05, 4.69) is 24.1 Å². The minimum atomic E-state index is 0.0239. The number of hydrogen-bond acceptors (Lipinski definition) is 3. The Kier molecular flexibility index (Phi) is 5.01. The largest absolute Gasteiger partial charge is 0.495 e. The molecular formula is C16H24N2O2. The summed E-state index contributed by atoms with van der Waals surface area (Å²) < 4.78 is 5.24. The molecule has 1 aliphatic rings. The lowest BCUT2D eigenvalue weighted by molar-refractivity contribution is -0.117. The smallest absolute Gasteiger partial charge is 0.238 e. The lowest BCUT2D eigenvalue weighted by Crippen LogP contribution is -2.42. The number of anilines is 1. The summed E-state index contributed by atoms with van der Waals surface area (Å²) in [5.41, 5.74) is 0.734. The Balaban J connectivity index is 1.92. The number of benzene rings is 1. The third-order valence-corrected chi connectivity index (χ3v) is 3.69. The first-order chi connectivity index (χ1) is 9.58. The number of nitrogens with one attached hydrogen (secondary N) is 1. The maximum absolute atomic E-state index is 12.2. The molecule has 0 aliphatic carbocycles. The van der Waals surface area contributed by atoms with Gasteiger partial charge in [0, 0.05) is 13.1 Å². The first-order valence-electron chi connectivity index (χ1n) is 7.23. The van der Waals surface area contributed by atoms with Crippen molar-refractivity contribution in [3.63, 3.8) is 0 Å². The monoisotopic (exact) mass is 276 g/mol. The van der Waals surface area contributed by atoms with Gasteiger partial charge in [-0.1, -0.05) is 26.0 Å². The normalized spacial score (nSPS) is 23.4. The Hall–Kier alpha value is -1.55. The number of methoxy groups -OCH3 is 1. The van der Waals surface area contributed by atoms with Gasteiger partial charge < -0.3 is 10.1 Å². The highest BCUT2D eigenvalue weighted by Crippen LogP contribution is 2.24. The van der Waals surface area contributed by atoms with Crippen molar-refractivity contribution in [1.82, 2.24) is 4.90 Å². The first kappa shape index (κ1) is 14.9. The fourth-order valence-corrected chi connectivity index (χ4v) is 3.06. The molecule has 1 aromatic rings. The van der Waals surface area contributed by atoms with E-state index in [0.717, 1.165) is 18.8 Å². The van der Waals surface area contributed by atoms with E-state index in [-0.39, 0.29) is 5.91 Å². The Bertz CT molecular complexity index is 452. The third kappa shape index (κ3) is 3.97. The summed E-state index contributed by atoms with van der Waals surface area (Å²) in [6, 6.07) is 7.49. The molecule has 1 fully saturated rings. The zero-order valence-corrected chi connectivity index (χ0v) is 12.6. The molecule has 1 saturated heterocycles. The standard InChI is InChI=1S/C16H24N2O2/c1-12-8-13(2)10-18(9-12)11-16(19)17-14-6-4-5-7-15(14)20-3/h4-7,12-13H,8-11H2,1-3H3,(H,17,19)/t12-,13+. The molecule has 1 aromatic carbocycles. The van der Waals surface area contributed by atoms with E-state index in [9.17, 15) is 4.79 Å². The van der Waals surface area contributed by atoms with E-state index < -0.39 is 0 Å². The summed E-state index contributed by atoms with van der Waals surface area (Å²) in [6.07, 6.45) is 1.25. The Morgan fingerprint density at radius 3 is 2.60 bits per heavy atom. The second kappa shape index (κ2) is 6.75. The number of rotatable bonds is 4. The van der Waals surface area contributed by atoms with Gasteiger partial charge in [-0.3, -0.25) is 9.69 Å². The summed E-state index contributed by atoms with van der Waals surface area (Å²) in [6.45, 7) is 6.96. The molecule has 4 heteroatoms. The number of piperidine rings is 1. The zero-order chi connectivity index (χ0) is 14.5. The highest BCUT2D eigenvalue weighted by molar-refractivity contribution is 5.93. The number of hydrogen-bond donors (Lipinski definition) is 1. The molecular weight excluding hydrogens is 252 g/mol. The van der Waals surface area contributed by atoms with E-state index >= 15 is 0 Å². The summed E-state index contributed by atoms with van der Waals surface area (Å²) >= 11 is 0. The van der Waals surface area contributed by atoms with E-state index in [1.54, 1.807) is 7.11 Å². The molecule has 0 bridgehead atoms. The van der Waals surface area contributed by atoms with Crippen LogP contribution in [0.2, 0.25) is 0 Å². The summed E-state index contributed by atoms with van der Waals surface area (Å²) in [5.74, 6) is 2.05. The summed E-state index contributed by atoms with van der Waals surface area (Å²) in [7, 11) is 1.61. The molecule has 110 valence electrons. The molecule has 0 saturated carbocycles. The number of carbonyl (C=O) groups is 1. The molecule has 1 heterocycles. The van der Waals surface area contributed by atoms with Crippen molar-refractivity contribution < 1.29 is 9.53 Å². The van der Waals surface area contributed by atoms with Crippen LogP contribution < -0.4 is 10.1 Å². The third-order valence-electron chi connectivity index (χ3n) is 3.69. The predicted octanol–water partition coefficient (Wildman–Crippen LogP) is 2.61. The first-order valence-corrected chi connectivity index (χ1v) is 7.23. The number of likely N-dealkylation sites (tertiary alicyclic amines) is 1. The second-order valence-corrected chi connectivity index (χ2v) is 5.89. The molecule has 1 aliphatic heterocycles. The lowest BCUT2D eigenvalue weighted by atomic mass is 9.92. The van der Waals surface area contributed by atoms with E-state index in [0.29, 0.717) is 24.1 Å². The van der Waals surface area contributed by atoms with Gasteiger partial charge in [-0.25, -0.2) is 0 Å². The average Bonchev–Trinajstić information content (AvgIpc) is 2.37. The molecule has 1 N–H and O–H groups in total. The summed E-state index contributed by atoms with van der Waals surface area (Å²) in [4.78, 5) is 14.4. The van der Waals surface area contributed by atoms with Crippen molar-refractivity contribution >= 4 is 11.6 Å². The quantitative estimate of drug-likeness (QED) is 0.919. The van der Waals surface area contributed by atoms with Gasteiger partial charge in [-0.2, -0.15) is 0 Å². The minimum Gasteiger partial charge on any atom is -0.495 e. The molecule has 1 amide bonds. The van der Waals surface area contributed by atoms with Gasteiger partial charge in [0.05, 0.1) is 19.3 Å². The predicted molar refractivity (Wildman–Crippen MR) is 81.0 cm³/mol. The molecule has 2 atom stereocenters. The maximum Gasteiger partial charge on any atom is 0.238 e. The van der Waals surface area contributed by atoms with E-state index in [1.165, 1.54) is 6.42 Å². The van der Waals surface area contributed by atoms with Crippen LogP contribution in [0.1, 0.15) is 20.3 Å². The van der Waals surface area contributed by atoms with Crippen molar-refractivity contribution in [1.29, 1.82) is 0 Å². The molecule has 2 rings (SSSR count). The van der Waals surface area contributed by atoms with Crippen LogP contribution in [0.4, 0.5) is 5.69 Å². The van der Waals surface area contributed by atoms with Gasteiger partial charge >= 0.3 is 0 Å². The number of carbonyl (C=O) groups excluding carboxylic acids is 1. The van der Waals surface area contributed by atoms with Gasteiger partial charge in [0.15, 0.2) is 0 Å². The van der Waals surface area contributed by atoms with Crippen LogP contribution in [-0.2, 0) is 4.79 Å². The topological polar surface area (TPSA) is 41.6 Å². The SMILES string of the molecule is COc1ccccc1NC(=O)CN1C[C@H](C)C[C@H](C)C1. The van der Waals surface area contributed by atoms with E-state index in [1.807, 2.05) is 24.3 Å². The van der Waals surface area contributed by atoms with Crippen LogP contribution in [0, 0.1) is 11.8 Å². The van der Waals surface area contributed by atoms with Gasteiger partial charge in [0.2, 0.25) is 5.91 Å². The minimum absolute atomic E-state index is 0.0239. The Morgan fingerprint density at radius 1 is 1.30 bits per heavy atom. The van der Waals surface area contributed by atoms with Gasteiger partial charge in [0.1, 0.15) is 5.75 Å². The van der Waals surface area contributed by atoms with Crippen LogP contribution >= 0.6 is 0 Å². The number of para-hydroxylation sites is 2. The van der Waals surface area contributed by atoms with Crippen molar-refractivity contribution in [3.05, 3.63) is 24.3 Å². The zero-order valence-electron chi connectivity index (χ0n) is 12.6. The Morgan fingerprint density at radius 2 is 1.95 bits per heavy atom. The molecule has 0 spiro atoms. The number of nitrogens with zero attached hydrogens (tertiary/aromatic N) is 1. The maximum atomic E-state index is 12.2. The van der Waals surface area contributed by atoms with Crippen LogP contribution in [-0.4, -0.2) is 37.6 Å². The van der Waals surface area contributed by atoms with Crippen molar-refractivity contribution in [2.45, 2.75) is 20.3 Å². The lowest BCUT2D eigenvalue weighted by Gasteiger charge is -2.34. The van der Waals surface area contributed by atoms with Crippen molar-refractivity contribution in [2.75, 3.05) is 32.1 Å². The Labute approximate surface area is 121 Å². The van der Waals surface area contributed by atoms with Crippen LogP contribution in [0.15, 0.2) is 24.3 Å². The molecule has 20 heavy (non-hydrogen) atoms. The highest BCUT2D eigenvalue weighted by Gasteiger charge is 2.23. The molecule has 0 aromatic heterocycles. The number of ether oxygens (including phenoxy) is 1. The van der Waals surface area contributed by atoms with Crippen molar-refractivity contribution in [3.8, 4) is 5.75 Å². The molecule has 4 nitrogen and oxygen atoms in total. The van der Waals surface area contributed by atoms with Crippen LogP contribution in [0.25, 0.3) is 0 Å². The van der Waals surface area contributed by atoms with Gasteiger partial charge in [-0.15, -0.1) is 0 Å². The van der Waals surface area contributed by atoms with Crippen LogP contribution in [0.3, 0.4) is 0 Å². The van der Waals surface area contributed by atoms with Gasteiger partial charge in [-0.05, 0) is 30.4 Å². The second-order valence-electron chi connectivity index (χ2n) is 5.89. The average molecular weight is 276 g/mol. The summed E-state index contributed by atoms with van der Waals surface area (Å²) in [5, 5.41) is 2.93. The molecule has 0 radical (unpaired) electrons. The van der Waals surface area contributed by atoms with Crippen molar-refractivity contribution in [2.24, 2.45) is 11.8 Å².